The molecule has 1 aliphatic heterocycles. The zero-order chi connectivity index (χ0) is 20.0. The lowest BCUT2D eigenvalue weighted by atomic mass is 9.91. The van der Waals surface area contributed by atoms with Crippen molar-refractivity contribution < 1.29 is 4.74 Å². The number of hydrogen-bond donors (Lipinski definition) is 0. The van der Waals surface area contributed by atoms with E-state index in [2.05, 4.69) is 68.4 Å². The molecule has 0 saturated heterocycles. The Morgan fingerprint density at radius 1 is 0.759 bits per heavy atom. The van der Waals surface area contributed by atoms with Crippen molar-refractivity contribution in [2.24, 2.45) is 7.05 Å². The largest absolute Gasteiger partial charge is 0.455 e. The first-order valence-corrected chi connectivity index (χ1v) is 9.80. The first kappa shape index (κ1) is 17.5. The number of ether oxygens (including phenoxy) is 1. The average molecular weight is 378 g/mol. The Bertz CT molecular complexity index is 1180. The van der Waals surface area contributed by atoms with Gasteiger partial charge in [-0.15, -0.1) is 0 Å². The Kier molecular flexibility index (Phi) is 4.09. The minimum atomic E-state index is 0.838. The highest BCUT2D eigenvalue weighted by Crippen LogP contribution is 2.44. The van der Waals surface area contributed by atoms with Gasteiger partial charge < -0.3 is 4.74 Å². The summed E-state index contributed by atoms with van der Waals surface area (Å²) in [6.07, 6.45) is 2.04. The van der Waals surface area contributed by atoms with Gasteiger partial charge in [0.05, 0.1) is 5.56 Å². The third-order valence-corrected chi connectivity index (χ3v) is 5.34. The van der Waals surface area contributed by atoms with Crippen LogP contribution in [-0.2, 0) is 7.05 Å². The van der Waals surface area contributed by atoms with Gasteiger partial charge in [0.25, 0.3) is 0 Å². The van der Waals surface area contributed by atoms with Crippen LogP contribution in [0.2, 0.25) is 0 Å². The van der Waals surface area contributed by atoms with Gasteiger partial charge in [-0.25, -0.2) is 0 Å². The standard InChI is InChI=1S/C26H22N2O/c1-17-8-12-19(13-9-17)24(20-14-10-18(2)11-15-20)26-22-16-28(3)27-25(22)21-6-4-5-7-23(21)29-26/h4-16H,1-3H3. The molecule has 142 valence electrons. The van der Waals surface area contributed by atoms with E-state index in [1.807, 2.05) is 36.1 Å². The van der Waals surface area contributed by atoms with Gasteiger partial charge in [-0.2, -0.15) is 5.10 Å². The van der Waals surface area contributed by atoms with Crippen molar-refractivity contribution in [3.05, 3.63) is 107 Å². The van der Waals surface area contributed by atoms with Crippen molar-refractivity contribution in [3.63, 3.8) is 0 Å². The summed E-state index contributed by atoms with van der Waals surface area (Å²) in [5, 5.41) is 4.74. The van der Waals surface area contributed by atoms with Crippen LogP contribution in [0.15, 0.2) is 79.0 Å². The number of nitrogens with zero attached hydrogens (tertiary/aromatic N) is 2. The molecule has 1 aliphatic rings. The van der Waals surface area contributed by atoms with Gasteiger partial charge in [0, 0.05) is 24.4 Å². The van der Waals surface area contributed by atoms with E-state index in [0.29, 0.717) is 0 Å². The van der Waals surface area contributed by atoms with Crippen LogP contribution in [0.1, 0.15) is 27.8 Å². The highest BCUT2D eigenvalue weighted by atomic mass is 16.5. The molecule has 0 radical (unpaired) electrons. The molecule has 3 aromatic carbocycles. The maximum absolute atomic E-state index is 6.53. The van der Waals surface area contributed by atoms with Crippen molar-refractivity contribution >= 4 is 11.3 Å². The number of aromatic nitrogens is 2. The van der Waals surface area contributed by atoms with E-state index in [4.69, 9.17) is 9.84 Å². The molecule has 3 heteroatoms. The van der Waals surface area contributed by atoms with Gasteiger partial charge in [0.15, 0.2) is 0 Å². The summed E-state index contributed by atoms with van der Waals surface area (Å²) in [5.74, 6) is 1.69. The molecule has 0 aliphatic carbocycles. The van der Waals surface area contributed by atoms with E-state index in [1.165, 1.54) is 11.1 Å². The molecule has 0 fully saturated rings. The van der Waals surface area contributed by atoms with Crippen LogP contribution in [-0.4, -0.2) is 9.78 Å². The van der Waals surface area contributed by atoms with Crippen molar-refractivity contribution in [2.75, 3.05) is 0 Å². The molecule has 4 aromatic rings. The molecular weight excluding hydrogens is 356 g/mol. The summed E-state index contributed by atoms with van der Waals surface area (Å²) < 4.78 is 8.39. The first-order valence-electron chi connectivity index (χ1n) is 9.80. The molecule has 5 rings (SSSR count). The molecule has 0 spiro atoms. The lowest BCUT2D eigenvalue weighted by Crippen LogP contribution is -2.07. The highest BCUT2D eigenvalue weighted by molar-refractivity contribution is 6.01. The molecule has 0 amide bonds. The quantitative estimate of drug-likeness (QED) is 0.427. The van der Waals surface area contributed by atoms with Crippen LogP contribution in [0.3, 0.4) is 0 Å². The Morgan fingerprint density at radius 2 is 1.34 bits per heavy atom. The fourth-order valence-electron chi connectivity index (χ4n) is 3.82. The normalized spacial score (nSPS) is 12.2. The second-order valence-electron chi connectivity index (χ2n) is 7.60. The lowest BCUT2D eigenvalue weighted by molar-refractivity contribution is 0.513. The fraction of sp³-hybridized carbons (Fsp3) is 0.115. The topological polar surface area (TPSA) is 27.1 Å². The molecule has 1 aromatic heterocycles. The summed E-state index contributed by atoms with van der Waals surface area (Å²) in [7, 11) is 1.95. The number of hydrogen-bond acceptors (Lipinski definition) is 2. The molecule has 29 heavy (non-hydrogen) atoms. The van der Waals surface area contributed by atoms with Gasteiger partial charge >= 0.3 is 0 Å². The van der Waals surface area contributed by atoms with E-state index in [1.54, 1.807) is 0 Å². The summed E-state index contributed by atoms with van der Waals surface area (Å²) in [4.78, 5) is 0. The number of para-hydroxylation sites is 1. The van der Waals surface area contributed by atoms with Gasteiger partial charge in [0.2, 0.25) is 0 Å². The predicted molar refractivity (Wildman–Crippen MR) is 118 cm³/mol. The molecule has 0 N–H and O–H groups in total. The smallest absolute Gasteiger partial charge is 0.146 e. The predicted octanol–water partition coefficient (Wildman–Crippen LogP) is 6.01. The van der Waals surface area contributed by atoms with E-state index in [9.17, 15) is 0 Å². The molecule has 0 bridgehead atoms. The number of rotatable bonds is 2. The average Bonchev–Trinajstić information content (AvgIpc) is 3.13. The monoisotopic (exact) mass is 378 g/mol. The SMILES string of the molecule is Cc1ccc(C(=C2Oc3ccccc3-c3nn(C)cc32)c2ccc(C)cc2)cc1. The van der Waals surface area contributed by atoms with Crippen LogP contribution in [0.25, 0.3) is 22.6 Å². The van der Waals surface area contributed by atoms with Crippen molar-refractivity contribution in [3.8, 4) is 17.0 Å². The number of benzene rings is 3. The maximum atomic E-state index is 6.53. The fourth-order valence-corrected chi connectivity index (χ4v) is 3.82. The first-order chi connectivity index (χ1) is 14.1. The Morgan fingerprint density at radius 3 is 1.97 bits per heavy atom. The second-order valence-corrected chi connectivity index (χ2v) is 7.60. The summed E-state index contributed by atoms with van der Waals surface area (Å²) >= 11 is 0. The van der Waals surface area contributed by atoms with Crippen LogP contribution < -0.4 is 4.74 Å². The highest BCUT2D eigenvalue weighted by Gasteiger charge is 2.28. The second kappa shape index (κ2) is 6.78. The molecule has 0 atom stereocenters. The van der Waals surface area contributed by atoms with E-state index in [-0.39, 0.29) is 0 Å². The molecule has 3 nitrogen and oxygen atoms in total. The van der Waals surface area contributed by atoms with Crippen LogP contribution in [0.4, 0.5) is 0 Å². The maximum Gasteiger partial charge on any atom is 0.146 e. The lowest BCUT2D eigenvalue weighted by Gasteiger charge is -2.23. The van der Waals surface area contributed by atoms with E-state index in [0.717, 1.165) is 45.0 Å². The molecule has 0 unspecified atom stereocenters. The Labute approximate surface area is 170 Å². The number of aryl methyl sites for hydroxylation is 3. The van der Waals surface area contributed by atoms with Gasteiger partial charge in [-0.1, -0.05) is 71.8 Å². The van der Waals surface area contributed by atoms with E-state index >= 15 is 0 Å². The zero-order valence-corrected chi connectivity index (χ0v) is 16.8. The number of fused-ring (bicyclic) bond motifs is 3. The Balaban J connectivity index is 1.83. The zero-order valence-electron chi connectivity index (χ0n) is 16.8. The van der Waals surface area contributed by atoms with Gasteiger partial charge in [-0.3, -0.25) is 4.68 Å². The minimum absolute atomic E-state index is 0.838. The summed E-state index contributed by atoms with van der Waals surface area (Å²) in [6, 6.07) is 25.3. The summed E-state index contributed by atoms with van der Waals surface area (Å²) in [5.41, 5.74) is 8.81. The third kappa shape index (κ3) is 3.05. The van der Waals surface area contributed by atoms with Crippen molar-refractivity contribution in [1.29, 1.82) is 0 Å². The van der Waals surface area contributed by atoms with Crippen LogP contribution in [0, 0.1) is 13.8 Å². The molecule has 2 heterocycles. The van der Waals surface area contributed by atoms with Crippen LogP contribution >= 0.6 is 0 Å². The van der Waals surface area contributed by atoms with Crippen molar-refractivity contribution in [2.45, 2.75) is 13.8 Å². The molecule has 0 saturated carbocycles. The molecular formula is C26H22N2O. The van der Waals surface area contributed by atoms with Crippen molar-refractivity contribution in [1.82, 2.24) is 9.78 Å². The summed E-state index contributed by atoms with van der Waals surface area (Å²) in [6.45, 7) is 4.21. The van der Waals surface area contributed by atoms with Gasteiger partial charge in [-0.05, 0) is 37.1 Å². The third-order valence-electron chi connectivity index (χ3n) is 5.34. The van der Waals surface area contributed by atoms with Gasteiger partial charge in [0.1, 0.15) is 17.2 Å². The Hall–Kier alpha value is -3.59. The van der Waals surface area contributed by atoms with E-state index < -0.39 is 0 Å². The minimum Gasteiger partial charge on any atom is -0.455 e. The van der Waals surface area contributed by atoms with Crippen LogP contribution in [0.5, 0.6) is 5.75 Å².